The first-order chi connectivity index (χ1) is 9.51. The van der Waals surface area contributed by atoms with Crippen LogP contribution >= 0.6 is 7.37 Å². The van der Waals surface area contributed by atoms with Crippen LogP contribution < -0.4 is 0 Å². The lowest BCUT2D eigenvalue weighted by atomic mass is 10.1. The van der Waals surface area contributed by atoms with Crippen LogP contribution in [0.15, 0.2) is 35.5 Å². The topological polar surface area (TPSA) is 69.9 Å². The van der Waals surface area contributed by atoms with Crippen LogP contribution in [0.25, 0.3) is 0 Å². The predicted molar refractivity (Wildman–Crippen MR) is 82.9 cm³/mol. The molecule has 0 saturated carbocycles. The van der Waals surface area contributed by atoms with Crippen LogP contribution in [0.4, 0.5) is 0 Å². The molecule has 0 aromatic heterocycles. The van der Waals surface area contributed by atoms with Crippen LogP contribution in [0, 0.1) is 0 Å². The Labute approximate surface area is 121 Å². The summed E-state index contributed by atoms with van der Waals surface area (Å²) >= 11 is 0. The average Bonchev–Trinajstić information content (AvgIpc) is 2.45. The monoisotopic (exact) mass is 297 g/mol. The van der Waals surface area contributed by atoms with Crippen molar-refractivity contribution >= 4 is 13.1 Å². The largest absolute Gasteiger partial charge is 0.411 e. The quantitative estimate of drug-likeness (QED) is 0.245. The smallest absolute Gasteiger partial charge is 0.208 e. The average molecular weight is 297 g/mol. The number of hydrogen-bond acceptors (Lipinski definition) is 3. The van der Waals surface area contributed by atoms with Crippen molar-refractivity contribution in [3.05, 3.63) is 35.9 Å². The van der Waals surface area contributed by atoms with Crippen LogP contribution in [0.2, 0.25) is 0 Å². The molecule has 0 aliphatic carbocycles. The van der Waals surface area contributed by atoms with Crippen molar-refractivity contribution in [3.63, 3.8) is 0 Å². The first-order valence-corrected chi connectivity index (χ1v) is 8.96. The highest BCUT2D eigenvalue weighted by atomic mass is 31.2. The minimum atomic E-state index is -3.31. The molecular formula is C15H24NO3P. The lowest BCUT2D eigenvalue weighted by Gasteiger charge is -2.23. The van der Waals surface area contributed by atoms with Crippen LogP contribution in [-0.2, 0) is 4.57 Å². The van der Waals surface area contributed by atoms with Crippen molar-refractivity contribution in [2.75, 3.05) is 6.16 Å². The van der Waals surface area contributed by atoms with Gasteiger partial charge >= 0.3 is 0 Å². The highest BCUT2D eigenvalue weighted by Gasteiger charge is 2.32. The zero-order valence-electron chi connectivity index (χ0n) is 12.2. The minimum absolute atomic E-state index is 0.306. The first kappa shape index (κ1) is 16.9. The molecule has 0 saturated heterocycles. The fraction of sp³-hybridized carbons (Fsp3) is 0.533. The van der Waals surface area contributed by atoms with E-state index in [-0.39, 0.29) is 0 Å². The summed E-state index contributed by atoms with van der Waals surface area (Å²) in [6, 6.07) is 9.32. The van der Waals surface area contributed by atoms with E-state index in [0.29, 0.717) is 18.3 Å². The van der Waals surface area contributed by atoms with E-state index in [4.69, 9.17) is 5.21 Å². The van der Waals surface area contributed by atoms with Gasteiger partial charge in [0.05, 0.1) is 11.4 Å². The van der Waals surface area contributed by atoms with Crippen LogP contribution in [0.3, 0.4) is 0 Å². The van der Waals surface area contributed by atoms with Crippen molar-refractivity contribution in [2.24, 2.45) is 5.16 Å². The molecule has 2 atom stereocenters. The zero-order valence-corrected chi connectivity index (χ0v) is 13.1. The maximum absolute atomic E-state index is 12.7. The molecule has 5 heteroatoms. The van der Waals surface area contributed by atoms with Gasteiger partial charge in [0, 0.05) is 12.6 Å². The highest BCUT2D eigenvalue weighted by Crippen LogP contribution is 2.57. The summed E-state index contributed by atoms with van der Waals surface area (Å²) in [7, 11) is -3.31. The molecule has 0 radical (unpaired) electrons. The Morgan fingerprint density at radius 1 is 1.30 bits per heavy atom. The van der Waals surface area contributed by atoms with Crippen molar-refractivity contribution in [3.8, 4) is 0 Å². The van der Waals surface area contributed by atoms with Gasteiger partial charge in [0.25, 0.3) is 0 Å². The third-order valence-electron chi connectivity index (χ3n) is 3.41. The molecule has 4 nitrogen and oxygen atoms in total. The normalized spacial score (nSPS) is 16.6. The molecule has 0 bridgehead atoms. The third kappa shape index (κ3) is 5.10. The second-order valence-electron chi connectivity index (χ2n) is 5.15. The lowest BCUT2D eigenvalue weighted by molar-refractivity contribution is 0.317. The van der Waals surface area contributed by atoms with Gasteiger partial charge in [0.1, 0.15) is 0 Å². The zero-order chi connectivity index (χ0) is 15.0. The molecule has 0 fully saturated rings. The van der Waals surface area contributed by atoms with E-state index in [1.165, 1.54) is 0 Å². The maximum Gasteiger partial charge on any atom is 0.208 e. The first-order valence-electron chi connectivity index (χ1n) is 7.05. The van der Waals surface area contributed by atoms with Gasteiger partial charge in [-0.3, -0.25) is 4.57 Å². The summed E-state index contributed by atoms with van der Waals surface area (Å²) in [5.41, 5.74) is 0.818. The van der Waals surface area contributed by atoms with E-state index in [1.54, 1.807) is 6.92 Å². The van der Waals surface area contributed by atoms with Gasteiger partial charge in [-0.05, 0) is 18.9 Å². The summed E-state index contributed by atoms with van der Waals surface area (Å²) in [5, 5.41) is 12.0. The summed E-state index contributed by atoms with van der Waals surface area (Å²) in [5.74, 6) is 0. The molecule has 0 aliphatic rings. The van der Waals surface area contributed by atoms with Gasteiger partial charge in [0.15, 0.2) is 0 Å². The Morgan fingerprint density at radius 2 is 1.95 bits per heavy atom. The van der Waals surface area contributed by atoms with E-state index >= 15 is 0 Å². The molecule has 1 rings (SSSR count). The number of unbranched alkanes of at least 4 members (excludes halogenated alkanes) is 2. The van der Waals surface area contributed by atoms with E-state index in [9.17, 15) is 9.46 Å². The third-order valence-corrected chi connectivity index (χ3v) is 5.82. The predicted octanol–water partition coefficient (Wildman–Crippen LogP) is 4.43. The van der Waals surface area contributed by atoms with Gasteiger partial charge < -0.3 is 10.1 Å². The van der Waals surface area contributed by atoms with Crippen LogP contribution in [0.5, 0.6) is 0 Å². The summed E-state index contributed by atoms with van der Waals surface area (Å²) < 4.78 is 12.7. The van der Waals surface area contributed by atoms with Gasteiger partial charge in [-0.2, -0.15) is 0 Å². The summed E-state index contributed by atoms with van der Waals surface area (Å²) in [6.45, 7) is 3.74. The highest BCUT2D eigenvalue weighted by molar-refractivity contribution is 7.58. The van der Waals surface area contributed by atoms with Gasteiger partial charge in [0.2, 0.25) is 7.37 Å². The van der Waals surface area contributed by atoms with E-state index in [0.717, 1.165) is 24.8 Å². The Kier molecular flexibility index (Phi) is 6.97. The lowest BCUT2D eigenvalue weighted by Crippen LogP contribution is -2.08. The maximum atomic E-state index is 12.7. The van der Waals surface area contributed by atoms with Crippen LogP contribution in [0.1, 0.15) is 50.8 Å². The number of benzene rings is 1. The van der Waals surface area contributed by atoms with Gasteiger partial charge in [-0.25, -0.2) is 0 Å². The Balaban J connectivity index is 2.95. The Bertz CT molecular complexity index is 473. The SMILES string of the molecule is CCCCCP(=O)(O)C(CC(C)=NO)c1ccccc1. The Hall–Kier alpha value is -1.12. The molecular weight excluding hydrogens is 273 g/mol. The van der Waals surface area contributed by atoms with E-state index in [2.05, 4.69) is 12.1 Å². The second kappa shape index (κ2) is 8.23. The van der Waals surface area contributed by atoms with Gasteiger partial charge in [-0.15, -0.1) is 0 Å². The summed E-state index contributed by atoms with van der Waals surface area (Å²) in [4.78, 5) is 10.4. The molecule has 1 aromatic rings. The van der Waals surface area contributed by atoms with Crippen LogP contribution in [-0.4, -0.2) is 22.0 Å². The number of hydrogen-bond donors (Lipinski definition) is 2. The van der Waals surface area contributed by atoms with Crippen molar-refractivity contribution in [2.45, 2.75) is 45.2 Å². The molecule has 2 unspecified atom stereocenters. The number of nitrogens with zero attached hydrogens (tertiary/aromatic N) is 1. The summed E-state index contributed by atoms with van der Waals surface area (Å²) in [6.07, 6.45) is 3.36. The van der Waals surface area contributed by atoms with Crippen molar-refractivity contribution < 1.29 is 14.7 Å². The van der Waals surface area contributed by atoms with Crippen molar-refractivity contribution in [1.29, 1.82) is 0 Å². The second-order valence-corrected chi connectivity index (χ2v) is 7.73. The van der Waals surface area contributed by atoms with Crippen molar-refractivity contribution in [1.82, 2.24) is 0 Å². The van der Waals surface area contributed by atoms with E-state index in [1.807, 2.05) is 30.3 Å². The fourth-order valence-corrected chi connectivity index (χ4v) is 4.41. The minimum Gasteiger partial charge on any atom is -0.411 e. The molecule has 0 heterocycles. The molecule has 2 N–H and O–H groups in total. The molecule has 112 valence electrons. The number of rotatable bonds is 8. The van der Waals surface area contributed by atoms with E-state index < -0.39 is 13.0 Å². The molecule has 1 aromatic carbocycles. The van der Waals surface area contributed by atoms with Gasteiger partial charge in [-0.1, -0.05) is 55.3 Å². The standard InChI is InChI=1S/C15H24NO3P/c1-3-4-8-11-20(18,19)15(12-13(2)16-17)14-9-6-5-7-10-14/h5-7,9-10,15,17H,3-4,8,11-12H2,1-2H3,(H,18,19). The fourth-order valence-electron chi connectivity index (χ4n) is 2.23. The molecule has 0 amide bonds. The Morgan fingerprint density at radius 3 is 2.50 bits per heavy atom. The number of oxime groups is 1. The molecule has 0 spiro atoms. The molecule has 20 heavy (non-hydrogen) atoms. The molecule has 0 aliphatic heterocycles.